The van der Waals surface area contributed by atoms with Crippen LogP contribution in [0.4, 0.5) is 4.79 Å². The smallest absolute Gasteiger partial charge is 0.318 e. The number of rotatable bonds is 2. The first kappa shape index (κ1) is 17.1. The number of nitriles is 1. The normalized spacial score (nSPS) is 25.5. The standard InChI is InChI=1S/C18H20ClN5O2/c1-18(12-2-6-23(7-3-12)17(26)21-5-4-20)16(25)14-9-13(19)8-11-10-22-24(18)15(11)14/h8-10,12,16,25H,2-3,5-7H2,1H3,(H,21,26)/t16-,18?/m1/s1. The number of nitrogens with zero attached hydrogens (tertiary/aromatic N) is 4. The highest BCUT2D eigenvalue weighted by Crippen LogP contribution is 2.51. The molecule has 0 radical (unpaired) electrons. The van der Waals surface area contributed by atoms with Gasteiger partial charge in [-0.15, -0.1) is 0 Å². The van der Waals surface area contributed by atoms with E-state index in [1.807, 2.05) is 29.8 Å². The molecule has 2 aliphatic rings. The molecule has 1 fully saturated rings. The fourth-order valence-electron chi connectivity index (χ4n) is 4.46. The fraction of sp³-hybridized carbons (Fsp3) is 0.500. The van der Waals surface area contributed by atoms with Gasteiger partial charge in [0.05, 0.1) is 23.3 Å². The number of hydrogen-bond donors (Lipinski definition) is 2. The topological polar surface area (TPSA) is 94.2 Å². The molecule has 1 unspecified atom stereocenters. The van der Waals surface area contributed by atoms with Gasteiger partial charge < -0.3 is 15.3 Å². The SMILES string of the molecule is CC1(C2CCN(C(=O)NCC#N)CC2)[C@H](O)c2cc(Cl)cc3cnn1c23. The predicted octanol–water partition coefficient (Wildman–Crippen LogP) is 2.40. The number of piperidine rings is 1. The Balaban J connectivity index is 1.57. The third-order valence-electron chi connectivity index (χ3n) is 5.89. The van der Waals surface area contributed by atoms with Gasteiger partial charge in [-0.3, -0.25) is 4.68 Å². The third-order valence-corrected chi connectivity index (χ3v) is 6.11. The first-order valence-electron chi connectivity index (χ1n) is 8.72. The molecule has 7 nitrogen and oxygen atoms in total. The van der Waals surface area contributed by atoms with Gasteiger partial charge in [-0.1, -0.05) is 11.6 Å². The zero-order chi connectivity index (χ0) is 18.5. The summed E-state index contributed by atoms with van der Waals surface area (Å²) < 4.78 is 1.94. The van der Waals surface area contributed by atoms with Crippen molar-refractivity contribution in [2.24, 2.45) is 5.92 Å². The van der Waals surface area contributed by atoms with E-state index < -0.39 is 11.6 Å². The van der Waals surface area contributed by atoms with Gasteiger partial charge in [0, 0.05) is 29.1 Å². The van der Waals surface area contributed by atoms with Gasteiger partial charge in [0.25, 0.3) is 0 Å². The second kappa shape index (κ2) is 6.15. The molecular weight excluding hydrogens is 354 g/mol. The molecule has 2 aliphatic heterocycles. The lowest BCUT2D eigenvalue weighted by atomic mass is 9.75. The van der Waals surface area contributed by atoms with Crippen molar-refractivity contribution < 1.29 is 9.90 Å². The quantitative estimate of drug-likeness (QED) is 0.790. The molecule has 0 bridgehead atoms. The zero-order valence-corrected chi connectivity index (χ0v) is 15.2. The van der Waals surface area contributed by atoms with E-state index >= 15 is 0 Å². The molecule has 2 atom stereocenters. The minimum Gasteiger partial charge on any atom is -0.386 e. The monoisotopic (exact) mass is 373 g/mol. The van der Waals surface area contributed by atoms with Gasteiger partial charge in [0.15, 0.2) is 0 Å². The Morgan fingerprint density at radius 3 is 2.92 bits per heavy atom. The van der Waals surface area contributed by atoms with Gasteiger partial charge in [-0.2, -0.15) is 10.4 Å². The van der Waals surface area contributed by atoms with Crippen molar-refractivity contribution in [1.82, 2.24) is 20.0 Å². The van der Waals surface area contributed by atoms with Gasteiger partial charge in [-0.25, -0.2) is 4.79 Å². The number of aliphatic hydroxyl groups excluding tert-OH is 1. The van der Waals surface area contributed by atoms with E-state index in [4.69, 9.17) is 16.9 Å². The van der Waals surface area contributed by atoms with Crippen LogP contribution in [0.5, 0.6) is 0 Å². The Hall–Kier alpha value is -2.30. The van der Waals surface area contributed by atoms with Crippen molar-refractivity contribution >= 4 is 28.5 Å². The van der Waals surface area contributed by atoms with Crippen LogP contribution >= 0.6 is 11.6 Å². The molecule has 26 heavy (non-hydrogen) atoms. The molecule has 3 heterocycles. The number of aliphatic hydroxyl groups is 1. The second-order valence-electron chi connectivity index (χ2n) is 7.20. The van der Waals surface area contributed by atoms with E-state index in [1.54, 1.807) is 11.1 Å². The van der Waals surface area contributed by atoms with Crippen LogP contribution in [0.3, 0.4) is 0 Å². The maximum absolute atomic E-state index is 12.0. The molecular formula is C18H20ClN5O2. The van der Waals surface area contributed by atoms with Crippen LogP contribution in [0, 0.1) is 17.2 Å². The predicted molar refractivity (Wildman–Crippen MR) is 96.7 cm³/mol. The summed E-state index contributed by atoms with van der Waals surface area (Å²) in [7, 11) is 0. The second-order valence-corrected chi connectivity index (χ2v) is 7.63. The van der Waals surface area contributed by atoms with Crippen molar-refractivity contribution in [2.45, 2.75) is 31.4 Å². The van der Waals surface area contributed by atoms with Crippen molar-refractivity contribution in [3.63, 3.8) is 0 Å². The summed E-state index contributed by atoms with van der Waals surface area (Å²) in [6.45, 7) is 3.22. The first-order chi connectivity index (χ1) is 12.5. The molecule has 0 saturated carbocycles. The van der Waals surface area contributed by atoms with Gasteiger partial charge >= 0.3 is 6.03 Å². The molecule has 0 spiro atoms. The molecule has 1 saturated heterocycles. The Kier molecular flexibility index (Phi) is 4.05. The molecule has 8 heteroatoms. The molecule has 136 valence electrons. The number of carbonyl (C=O) groups excluding carboxylic acids is 1. The average Bonchev–Trinajstić information content (AvgIpc) is 3.16. The Labute approximate surface area is 156 Å². The van der Waals surface area contributed by atoms with Crippen LogP contribution in [0.25, 0.3) is 10.9 Å². The number of aromatic nitrogens is 2. The van der Waals surface area contributed by atoms with Crippen molar-refractivity contribution in [1.29, 1.82) is 5.26 Å². The van der Waals surface area contributed by atoms with E-state index in [-0.39, 0.29) is 18.5 Å². The number of likely N-dealkylation sites (tertiary alicyclic amines) is 1. The minimum absolute atomic E-state index is 0.0104. The Morgan fingerprint density at radius 2 is 2.23 bits per heavy atom. The van der Waals surface area contributed by atoms with Gasteiger partial charge in [0.1, 0.15) is 12.6 Å². The maximum Gasteiger partial charge on any atom is 0.318 e. The lowest BCUT2D eigenvalue weighted by Gasteiger charge is -2.42. The van der Waals surface area contributed by atoms with Gasteiger partial charge in [0.2, 0.25) is 0 Å². The molecule has 2 amide bonds. The summed E-state index contributed by atoms with van der Waals surface area (Å²) in [6.07, 6.45) is 2.63. The molecule has 2 N–H and O–H groups in total. The summed E-state index contributed by atoms with van der Waals surface area (Å²) in [5.41, 5.74) is 1.20. The summed E-state index contributed by atoms with van der Waals surface area (Å²) in [5.74, 6) is 0.173. The highest BCUT2D eigenvalue weighted by molar-refractivity contribution is 6.31. The summed E-state index contributed by atoms with van der Waals surface area (Å²) in [6, 6.07) is 5.39. The summed E-state index contributed by atoms with van der Waals surface area (Å²) in [5, 5.41) is 28.3. The number of nitrogens with one attached hydrogen (secondary N) is 1. The van der Waals surface area contributed by atoms with Crippen LogP contribution in [-0.4, -0.2) is 45.5 Å². The summed E-state index contributed by atoms with van der Waals surface area (Å²) in [4.78, 5) is 13.8. The number of benzene rings is 1. The van der Waals surface area contributed by atoms with E-state index in [9.17, 15) is 9.90 Å². The highest BCUT2D eigenvalue weighted by atomic mass is 35.5. The summed E-state index contributed by atoms with van der Waals surface area (Å²) >= 11 is 6.20. The number of halogens is 1. The molecule has 4 rings (SSSR count). The Morgan fingerprint density at radius 1 is 1.50 bits per heavy atom. The van der Waals surface area contributed by atoms with E-state index in [2.05, 4.69) is 10.4 Å². The zero-order valence-electron chi connectivity index (χ0n) is 14.4. The van der Waals surface area contributed by atoms with E-state index in [0.29, 0.717) is 18.1 Å². The van der Waals surface area contributed by atoms with E-state index in [0.717, 1.165) is 29.3 Å². The first-order valence-corrected chi connectivity index (χ1v) is 9.10. The largest absolute Gasteiger partial charge is 0.386 e. The van der Waals surface area contributed by atoms with Gasteiger partial charge in [-0.05, 0) is 37.8 Å². The Bertz CT molecular complexity index is 912. The van der Waals surface area contributed by atoms with E-state index in [1.165, 1.54) is 0 Å². The highest BCUT2D eigenvalue weighted by Gasteiger charge is 2.50. The van der Waals surface area contributed by atoms with Crippen molar-refractivity contribution in [2.75, 3.05) is 19.6 Å². The lowest BCUT2D eigenvalue weighted by Crippen LogP contribution is -2.50. The molecule has 1 aromatic heterocycles. The van der Waals surface area contributed by atoms with Crippen LogP contribution in [0.2, 0.25) is 5.02 Å². The molecule has 0 aliphatic carbocycles. The third kappa shape index (κ3) is 2.37. The number of urea groups is 1. The van der Waals surface area contributed by atoms with Crippen LogP contribution in [-0.2, 0) is 5.54 Å². The number of carbonyl (C=O) groups is 1. The van der Waals surface area contributed by atoms with Crippen molar-refractivity contribution in [3.05, 3.63) is 28.9 Å². The van der Waals surface area contributed by atoms with Crippen LogP contribution < -0.4 is 5.32 Å². The van der Waals surface area contributed by atoms with Crippen LogP contribution in [0.15, 0.2) is 18.3 Å². The average molecular weight is 374 g/mol. The lowest BCUT2D eigenvalue weighted by molar-refractivity contribution is -0.0116. The number of hydrogen-bond acceptors (Lipinski definition) is 4. The maximum atomic E-state index is 12.0. The molecule has 1 aromatic carbocycles. The minimum atomic E-state index is -0.684. The number of amides is 2. The van der Waals surface area contributed by atoms with Crippen molar-refractivity contribution in [3.8, 4) is 6.07 Å². The molecule has 2 aromatic rings. The fourth-order valence-corrected chi connectivity index (χ4v) is 4.69. The van der Waals surface area contributed by atoms with Crippen LogP contribution in [0.1, 0.15) is 31.4 Å².